The average molecular weight is 539 g/mol. The summed E-state index contributed by atoms with van der Waals surface area (Å²) in [6.45, 7) is 1.48. The van der Waals surface area contributed by atoms with Gasteiger partial charge in [-0.1, -0.05) is 42.5 Å². The largest absolute Gasteiger partial charge is 0.480 e. The number of rotatable bonds is 12. The van der Waals surface area contributed by atoms with E-state index in [9.17, 15) is 33.9 Å². The molecular formula is C26H30N6O7. The number of nitrogens with zero attached hydrogens (tertiary/aromatic N) is 1. The number of amides is 4. The van der Waals surface area contributed by atoms with Gasteiger partial charge in [0.05, 0.1) is 10.9 Å². The molecule has 206 valence electrons. The number of hydrogen-bond acceptors (Lipinski definition) is 6. The molecule has 3 aromatic rings. The first kappa shape index (κ1) is 28.6. The lowest BCUT2D eigenvalue weighted by atomic mass is 10.0. The standard InChI is InChI=1S/C26H30N6O7/c1-15(21(33)30-19(24(36)37)12-7-13-28-25(27)38)29-22(34)20(14-16-8-3-2-4-9-16)32-23(35)17-10-5-6-11-18(17)31-26(32)39/h2-6,8-11,15,19-20H,7,12-14H2,1H3,(H,29,34)(H,30,33)(H,31,39)(H,36,37)(H3,27,28,38)/t15-,19-,20-/m0/s1. The number of carbonyl (C=O) groups is 4. The van der Waals surface area contributed by atoms with Crippen molar-refractivity contribution in [3.8, 4) is 0 Å². The van der Waals surface area contributed by atoms with E-state index >= 15 is 0 Å². The number of carbonyl (C=O) groups excluding carboxylic acids is 3. The summed E-state index contributed by atoms with van der Waals surface area (Å²) < 4.78 is 0.821. The minimum Gasteiger partial charge on any atom is -0.480 e. The third-order valence-corrected chi connectivity index (χ3v) is 6.06. The van der Waals surface area contributed by atoms with Crippen molar-refractivity contribution in [2.24, 2.45) is 5.73 Å². The lowest BCUT2D eigenvalue weighted by Gasteiger charge is -2.23. The number of aromatic amines is 1. The van der Waals surface area contributed by atoms with Gasteiger partial charge in [0.1, 0.15) is 18.1 Å². The van der Waals surface area contributed by atoms with Crippen LogP contribution in [-0.4, -0.2) is 57.1 Å². The Morgan fingerprint density at radius 2 is 1.64 bits per heavy atom. The van der Waals surface area contributed by atoms with Crippen molar-refractivity contribution < 1.29 is 24.3 Å². The van der Waals surface area contributed by atoms with Crippen LogP contribution >= 0.6 is 0 Å². The highest BCUT2D eigenvalue weighted by atomic mass is 16.4. The zero-order valence-corrected chi connectivity index (χ0v) is 21.2. The molecule has 3 rings (SSSR count). The van der Waals surface area contributed by atoms with Gasteiger partial charge in [-0.05, 0) is 37.5 Å². The van der Waals surface area contributed by atoms with E-state index in [1.165, 1.54) is 13.0 Å². The number of hydrogen-bond donors (Lipinski definition) is 6. The van der Waals surface area contributed by atoms with E-state index in [2.05, 4.69) is 20.9 Å². The van der Waals surface area contributed by atoms with Gasteiger partial charge in [0.15, 0.2) is 0 Å². The first-order valence-electron chi connectivity index (χ1n) is 12.2. The molecule has 0 aliphatic rings. The van der Waals surface area contributed by atoms with Crippen molar-refractivity contribution in [2.45, 2.75) is 44.3 Å². The number of carboxylic acid groups (broad SMARTS) is 1. The number of urea groups is 1. The van der Waals surface area contributed by atoms with Crippen LogP contribution in [0.15, 0.2) is 64.2 Å². The van der Waals surface area contributed by atoms with Gasteiger partial charge in [0.25, 0.3) is 5.56 Å². The molecule has 0 fully saturated rings. The fourth-order valence-electron chi connectivity index (χ4n) is 4.04. The van der Waals surface area contributed by atoms with Crippen LogP contribution in [0.4, 0.5) is 4.79 Å². The normalized spacial score (nSPS) is 13.2. The van der Waals surface area contributed by atoms with Gasteiger partial charge in [-0.3, -0.25) is 14.4 Å². The van der Waals surface area contributed by atoms with Crippen LogP contribution in [0, 0.1) is 0 Å². The molecule has 0 bridgehead atoms. The highest BCUT2D eigenvalue weighted by molar-refractivity contribution is 5.91. The minimum atomic E-state index is -1.31. The maximum absolute atomic E-state index is 13.4. The molecule has 2 aromatic carbocycles. The van der Waals surface area contributed by atoms with Gasteiger partial charge in [-0.2, -0.15) is 0 Å². The molecule has 0 spiro atoms. The Hall–Kier alpha value is -4.94. The summed E-state index contributed by atoms with van der Waals surface area (Å²) in [6.07, 6.45) is 0.210. The quantitative estimate of drug-likeness (QED) is 0.174. The fraction of sp³-hybridized carbons (Fsp3) is 0.308. The summed E-state index contributed by atoms with van der Waals surface area (Å²) in [7, 11) is 0. The molecule has 39 heavy (non-hydrogen) atoms. The average Bonchev–Trinajstić information content (AvgIpc) is 2.89. The molecule has 3 atom stereocenters. The van der Waals surface area contributed by atoms with Gasteiger partial charge >= 0.3 is 17.7 Å². The Labute approximate surface area is 222 Å². The highest BCUT2D eigenvalue weighted by Gasteiger charge is 2.29. The Kier molecular flexibility index (Phi) is 9.57. The van der Waals surface area contributed by atoms with Crippen LogP contribution in [0.5, 0.6) is 0 Å². The summed E-state index contributed by atoms with van der Waals surface area (Å²) in [6, 6.07) is 10.6. The van der Waals surface area contributed by atoms with Crippen LogP contribution in [0.2, 0.25) is 0 Å². The second kappa shape index (κ2) is 13.0. The molecule has 7 N–H and O–H groups in total. The van der Waals surface area contributed by atoms with Crippen molar-refractivity contribution in [3.63, 3.8) is 0 Å². The molecule has 4 amide bonds. The zero-order chi connectivity index (χ0) is 28.5. The van der Waals surface area contributed by atoms with Crippen LogP contribution < -0.4 is 32.9 Å². The monoisotopic (exact) mass is 538 g/mol. The Balaban J connectivity index is 1.82. The number of para-hydroxylation sites is 1. The van der Waals surface area contributed by atoms with Crippen molar-refractivity contribution >= 4 is 34.7 Å². The Morgan fingerprint density at radius 1 is 0.974 bits per heavy atom. The summed E-state index contributed by atoms with van der Waals surface area (Å²) in [5.74, 6) is -2.85. The van der Waals surface area contributed by atoms with E-state index in [1.54, 1.807) is 48.5 Å². The number of primary amides is 1. The predicted molar refractivity (Wildman–Crippen MR) is 142 cm³/mol. The van der Waals surface area contributed by atoms with Crippen molar-refractivity contribution in [2.75, 3.05) is 6.54 Å². The van der Waals surface area contributed by atoms with E-state index in [1.807, 2.05) is 0 Å². The molecule has 13 heteroatoms. The second-order valence-corrected chi connectivity index (χ2v) is 8.92. The number of nitrogens with two attached hydrogens (primary N) is 1. The highest BCUT2D eigenvalue weighted by Crippen LogP contribution is 2.14. The Bertz CT molecular complexity index is 1470. The minimum absolute atomic E-state index is 0.000508. The molecule has 1 heterocycles. The lowest BCUT2D eigenvalue weighted by Crippen LogP contribution is -2.53. The number of aromatic nitrogens is 2. The third kappa shape index (κ3) is 7.53. The van der Waals surface area contributed by atoms with Crippen molar-refractivity contribution in [3.05, 3.63) is 81.0 Å². The van der Waals surface area contributed by atoms with E-state index in [0.29, 0.717) is 11.1 Å². The van der Waals surface area contributed by atoms with E-state index in [-0.39, 0.29) is 31.2 Å². The van der Waals surface area contributed by atoms with Crippen LogP contribution in [0.25, 0.3) is 10.9 Å². The molecule has 1 aromatic heterocycles. The van der Waals surface area contributed by atoms with Gasteiger partial charge in [0, 0.05) is 13.0 Å². The number of fused-ring (bicyclic) bond motifs is 1. The molecule has 0 unspecified atom stereocenters. The second-order valence-electron chi connectivity index (χ2n) is 8.92. The number of carboxylic acids is 1. The number of aliphatic carboxylic acids is 1. The van der Waals surface area contributed by atoms with Crippen molar-refractivity contribution in [1.82, 2.24) is 25.5 Å². The Morgan fingerprint density at radius 3 is 2.31 bits per heavy atom. The van der Waals surface area contributed by atoms with Crippen molar-refractivity contribution in [1.29, 1.82) is 0 Å². The summed E-state index contributed by atoms with van der Waals surface area (Å²) in [5.41, 5.74) is 4.51. The van der Waals surface area contributed by atoms with Gasteiger partial charge in [0.2, 0.25) is 11.8 Å². The first-order valence-corrected chi connectivity index (χ1v) is 12.2. The van der Waals surface area contributed by atoms with E-state index in [0.717, 1.165) is 4.57 Å². The number of benzene rings is 2. The summed E-state index contributed by atoms with van der Waals surface area (Å²) in [4.78, 5) is 77.4. The third-order valence-electron chi connectivity index (χ3n) is 6.06. The molecule has 0 saturated heterocycles. The molecule has 0 aliphatic carbocycles. The van der Waals surface area contributed by atoms with Gasteiger partial charge in [-0.25, -0.2) is 19.0 Å². The summed E-state index contributed by atoms with van der Waals surface area (Å²) in [5, 5.41) is 16.8. The molecule has 0 aliphatic heterocycles. The smallest absolute Gasteiger partial charge is 0.329 e. The topological polar surface area (TPSA) is 205 Å². The maximum atomic E-state index is 13.4. The summed E-state index contributed by atoms with van der Waals surface area (Å²) >= 11 is 0. The molecule has 0 radical (unpaired) electrons. The maximum Gasteiger partial charge on any atom is 0.329 e. The fourth-order valence-corrected chi connectivity index (χ4v) is 4.04. The lowest BCUT2D eigenvalue weighted by molar-refractivity contribution is -0.142. The SMILES string of the molecule is C[C@H](NC(=O)[C@H](Cc1ccccc1)n1c(=O)[nH]c2ccccc2c1=O)C(=O)N[C@@H](CCCNC(N)=O)C(=O)O. The van der Waals surface area contributed by atoms with Gasteiger partial charge < -0.3 is 31.8 Å². The van der Waals surface area contributed by atoms with Crippen LogP contribution in [0.1, 0.15) is 31.4 Å². The first-order chi connectivity index (χ1) is 18.6. The molecular weight excluding hydrogens is 508 g/mol. The molecule has 0 saturated carbocycles. The zero-order valence-electron chi connectivity index (χ0n) is 21.2. The predicted octanol–water partition coefficient (Wildman–Crippen LogP) is -0.00380. The van der Waals surface area contributed by atoms with Crippen LogP contribution in [-0.2, 0) is 20.8 Å². The number of H-pyrrole nitrogens is 1. The molecule has 13 nitrogen and oxygen atoms in total. The van der Waals surface area contributed by atoms with Gasteiger partial charge in [-0.15, -0.1) is 0 Å². The van der Waals surface area contributed by atoms with E-state index in [4.69, 9.17) is 5.73 Å². The number of nitrogens with one attached hydrogen (secondary N) is 4. The van der Waals surface area contributed by atoms with E-state index < -0.39 is 53.2 Å². The van der Waals surface area contributed by atoms with Crippen LogP contribution in [0.3, 0.4) is 0 Å².